The van der Waals surface area contributed by atoms with Crippen LogP contribution in [-0.2, 0) is 26.5 Å². The molecule has 0 amide bonds. The second kappa shape index (κ2) is 12.5. The third-order valence-corrected chi connectivity index (χ3v) is 7.34. The third kappa shape index (κ3) is 7.05. The van der Waals surface area contributed by atoms with Crippen LogP contribution in [0.1, 0.15) is 22.6 Å². The molecule has 0 bridgehead atoms. The minimum atomic E-state index is -3.79. The molecular formula is C29H31N2O4P. The fraction of sp³-hybridized carbons (Fsp3) is 0.207. The lowest BCUT2D eigenvalue weighted by Crippen LogP contribution is -2.21. The number of benzene rings is 3. The van der Waals surface area contributed by atoms with Gasteiger partial charge in [0.05, 0.1) is 13.2 Å². The van der Waals surface area contributed by atoms with Crippen LogP contribution in [0.3, 0.4) is 0 Å². The normalized spacial score (nSPS) is 11.7. The Kier molecular flexibility index (Phi) is 8.90. The summed E-state index contributed by atoms with van der Waals surface area (Å²) in [5.41, 5.74) is 3.37. The molecule has 0 unspecified atom stereocenters. The first-order valence-corrected chi connectivity index (χ1v) is 13.5. The lowest BCUT2D eigenvalue weighted by atomic mass is 10.2. The lowest BCUT2D eigenvalue weighted by Gasteiger charge is -2.19. The minimum Gasteiger partial charge on any atom is -0.420 e. The van der Waals surface area contributed by atoms with Gasteiger partial charge in [-0.2, -0.15) is 4.98 Å². The highest BCUT2D eigenvalue weighted by atomic mass is 31.2. The molecule has 0 radical (unpaired) electrons. The molecule has 1 heterocycles. The van der Waals surface area contributed by atoms with Gasteiger partial charge in [0.25, 0.3) is 0 Å². The van der Waals surface area contributed by atoms with E-state index in [-0.39, 0.29) is 18.6 Å². The van der Waals surface area contributed by atoms with E-state index in [9.17, 15) is 4.57 Å². The van der Waals surface area contributed by atoms with E-state index in [1.54, 1.807) is 11.0 Å². The average molecular weight is 503 g/mol. The maximum absolute atomic E-state index is 14.2. The largest absolute Gasteiger partial charge is 0.420 e. The molecule has 4 rings (SSSR count). The summed E-state index contributed by atoms with van der Waals surface area (Å²) in [5, 5.41) is 0. The van der Waals surface area contributed by atoms with Crippen LogP contribution in [0, 0.1) is 0 Å². The number of hydrogen-bond donors (Lipinski definition) is 0. The van der Waals surface area contributed by atoms with Gasteiger partial charge in [-0.3, -0.25) is 4.57 Å². The van der Waals surface area contributed by atoms with Crippen LogP contribution in [0.2, 0.25) is 0 Å². The Morgan fingerprint density at radius 1 is 0.778 bits per heavy atom. The summed E-state index contributed by atoms with van der Waals surface area (Å²) in [6.07, 6.45) is 4.85. The first-order chi connectivity index (χ1) is 17.5. The van der Waals surface area contributed by atoms with Crippen LogP contribution in [0.4, 0.5) is 5.88 Å². The zero-order valence-electron chi connectivity index (χ0n) is 20.6. The van der Waals surface area contributed by atoms with Crippen LogP contribution >= 0.6 is 7.60 Å². The lowest BCUT2D eigenvalue weighted by molar-refractivity contribution is 0.216. The summed E-state index contributed by atoms with van der Waals surface area (Å²) in [7, 11) is -0.167. The molecule has 36 heavy (non-hydrogen) atoms. The molecule has 7 heteroatoms. The van der Waals surface area contributed by atoms with E-state index in [4.69, 9.17) is 13.5 Å². The first kappa shape index (κ1) is 25.6. The molecule has 0 spiro atoms. The Morgan fingerprint density at radius 2 is 1.28 bits per heavy atom. The van der Waals surface area contributed by atoms with Crippen molar-refractivity contribution in [1.29, 1.82) is 0 Å². The second-order valence-corrected chi connectivity index (χ2v) is 10.4. The average Bonchev–Trinajstić information content (AvgIpc) is 3.35. The Balaban J connectivity index is 1.57. The maximum atomic E-state index is 14.2. The molecule has 0 saturated heterocycles. The number of hydrogen-bond acceptors (Lipinski definition) is 6. The van der Waals surface area contributed by atoms with Gasteiger partial charge >= 0.3 is 7.60 Å². The third-order valence-electron chi connectivity index (χ3n) is 5.48. The summed E-state index contributed by atoms with van der Waals surface area (Å²) >= 11 is 0. The monoisotopic (exact) mass is 502 g/mol. The number of oxazole rings is 1. The van der Waals surface area contributed by atoms with Crippen molar-refractivity contribution in [2.24, 2.45) is 0 Å². The predicted octanol–water partition coefficient (Wildman–Crippen LogP) is 6.25. The van der Waals surface area contributed by atoms with Gasteiger partial charge in [0.15, 0.2) is 0 Å². The SMILES string of the molecule is CN(C)c1oc(C=Cc2ccccc2)nc1P(=O)(OCCc1ccccc1)OCCc1ccccc1. The molecule has 4 aromatic rings. The molecular weight excluding hydrogens is 471 g/mol. The van der Waals surface area contributed by atoms with E-state index in [1.807, 2.05) is 111 Å². The Morgan fingerprint density at radius 3 is 1.78 bits per heavy atom. The molecule has 6 nitrogen and oxygen atoms in total. The van der Waals surface area contributed by atoms with Gasteiger partial charge in [0.1, 0.15) is 0 Å². The van der Waals surface area contributed by atoms with Gasteiger partial charge in [0, 0.05) is 20.2 Å². The highest BCUT2D eigenvalue weighted by Gasteiger charge is 2.36. The number of rotatable bonds is 12. The van der Waals surface area contributed by atoms with E-state index < -0.39 is 7.60 Å². The van der Waals surface area contributed by atoms with Crippen molar-refractivity contribution in [3.8, 4) is 0 Å². The van der Waals surface area contributed by atoms with Gasteiger partial charge in [-0.15, -0.1) is 0 Å². The number of nitrogens with zero attached hydrogens (tertiary/aromatic N) is 2. The van der Waals surface area contributed by atoms with E-state index in [1.165, 1.54) is 0 Å². The van der Waals surface area contributed by atoms with Gasteiger partial charge in [-0.25, -0.2) is 0 Å². The van der Waals surface area contributed by atoms with Gasteiger partial charge in [-0.05, 0) is 35.6 Å². The van der Waals surface area contributed by atoms with E-state index in [0.717, 1.165) is 16.7 Å². The quantitative estimate of drug-likeness (QED) is 0.214. The predicted molar refractivity (Wildman–Crippen MR) is 146 cm³/mol. The molecule has 0 N–H and O–H groups in total. The van der Waals surface area contributed by atoms with Crippen LogP contribution in [0.5, 0.6) is 0 Å². The summed E-state index contributed by atoms with van der Waals surface area (Å²) < 4.78 is 32.1. The van der Waals surface area contributed by atoms with Crippen LogP contribution < -0.4 is 10.3 Å². The zero-order chi connectivity index (χ0) is 25.2. The summed E-state index contributed by atoms with van der Waals surface area (Å²) in [4.78, 5) is 6.29. The molecule has 0 atom stereocenters. The fourth-order valence-electron chi connectivity index (χ4n) is 3.61. The van der Waals surface area contributed by atoms with Crippen molar-refractivity contribution in [3.63, 3.8) is 0 Å². The fourth-order valence-corrected chi connectivity index (χ4v) is 5.29. The Labute approximate surface area is 212 Å². The summed E-state index contributed by atoms with van der Waals surface area (Å²) in [5.74, 6) is 0.682. The topological polar surface area (TPSA) is 64.8 Å². The highest BCUT2D eigenvalue weighted by Crippen LogP contribution is 2.49. The molecule has 1 aromatic heterocycles. The van der Waals surface area contributed by atoms with Crippen molar-refractivity contribution < 1.29 is 18.0 Å². The smallest absolute Gasteiger partial charge is 0.385 e. The van der Waals surface area contributed by atoms with Crippen molar-refractivity contribution in [2.75, 3.05) is 32.2 Å². The van der Waals surface area contributed by atoms with E-state index in [2.05, 4.69) is 4.98 Å². The summed E-state index contributed by atoms with van der Waals surface area (Å²) in [6.45, 7) is 0.448. The van der Waals surface area contributed by atoms with Crippen LogP contribution in [0.25, 0.3) is 12.2 Å². The molecule has 0 aliphatic heterocycles. The van der Waals surface area contributed by atoms with Gasteiger partial charge < -0.3 is 18.4 Å². The second-order valence-electron chi connectivity index (χ2n) is 8.45. The molecule has 0 aliphatic rings. The Bertz CT molecular complexity index is 1240. The van der Waals surface area contributed by atoms with Crippen molar-refractivity contribution in [3.05, 3.63) is 114 Å². The van der Waals surface area contributed by atoms with Crippen molar-refractivity contribution in [1.82, 2.24) is 4.98 Å². The van der Waals surface area contributed by atoms with Crippen molar-refractivity contribution in [2.45, 2.75) is 12.8 Å². The molecule has 186 valence electrons. The van der Waals surface area contributed by atoms with E-state index >= 15 is 0 Å². The van der Waals surface area contributed by atoms with Crippen LogP contribution in [-0.4, -0.2) is 32.3 Å². The zero-order valence-corrected chi connectivity index (χ0v) is 21.5. The highest BCUT2D eigenvalue weighted by molar-refractivity contribution is 7.62. The van der Waals surface area contributed by atoms with Gasteiger partial charge in [0.2, 0.25) is 17.2 Å². The maximum Gasteiger partial charge on any atom is 0.385 e. The van der Waals surface area contributed by atoms with E-state index in [0.29, 0.717) is 24.6 Å². The van der Waals surface area contributed by atoms with Gasteiger partial charge in [-0.1, -0.05) is 91.0 Å². The summed E-state index contributed by atoms with van der Waals surface area (Å²) in [6, 6.07) is 29.7. The number of anilines is 1. The first-order valence-electron chi connectivity index (χ1n) is 11.9. The molecule has 0 fully saturated rings. The minimum absolute atomic E-state index is 0.182. The Hall–Kier alpha value is -3.44. The molecule has 0 aliphatic carbocycles. The standard InChI is InChI=1S/C29H31N2O4P/c1-31(2)29-28(30-27(35-29)19-18-24-12-6-3-7-13-24)36(32,33-22-20-25-14-8-4-9-15-25)34-23-21-26-16-10-5-11-17-26/h3-19H,20-23H2,1-2H3. The van der Waals surface area contributed by atoms with Crippen LogP contribution in [0.15, 0.2) is 95.4 Å². The number of aromatic nitrogens is 1. The molecule has 0 saturated carbocycles. The van der Waals surface area contributed by atoms with Crippen molar-refractivity contribution >= 4 is 31.1 Å². The molecule has 3 aromatic carbocycles.